The zero-order valence-corrected chi connectivity index (χ0v) is 13.3. The minimum Gasteiger partial charge on any atom is -0.296 e. The fraction of sp³-hybridized carbons (Fsp3) is 0.611. The molecule has 0 amide bonds. The smallest absolute Gasteiger partial charge is 0.177 e. The molecule has 1 aliphatic heterocycles. The summed E-state index contributed by atoms with van der Waals surface area (Å²) in [5.74, 6) is 1.06. The van der Waals surface area contributed by atoms with Crippen molar-refractivity contribution in [2.24, 2.45) is 5.92 Å². The highest BCUT2D eigenvalue weighted by molar-refractivity contribution is 6.00. The molecule has 1 unspecified atom stereocenters. The summed E-state index contributed by atoms with van der Waals surface area (Å²) in [7, 11) is 0. The molecule has 20 heavy (non-hydrogen) atoms. The monoisotopic (exact) mass is 273 g/mol. The quantitative estimate of drug-likeness (QED) is 0.775. The van der Waals surface area contributed by atoms with Gasteiger partial charge in [0.2, 0.25) is 0 Å². The van der Waals surface area contributed by atoms with E-state index in [2.05, 4.69) is 44.7 Å². The highest BCUT2D eigenvalue weighted by Gasteiger charge is 2.22. The molecule has 0 aliphatic carbocycles. The molecular formula is C18H27NO. The molecule has 0 bridgehead atoms. The highest BCUT2D eigenvalue weighted by Crippen LogP contribution is 2.21. The van der Waals surface area contributed by atoms with Crippen molar-refractivity contribution in [1.29, 1.82) is 0 Å². The molecule has 0 radical (unpaired) electrons. The van der Waals surface area contributed by atoms with E-state index in [0.29, 0.717) is 6.54 Å². The first-order valence-electron chi connectivity index (χ1n) is 7.84. The van der Waals surface area contributed by atoms with Crippen LogP contribution in [0.4, 0.5) is 0 Å². The van der Waals surface area contributed by atoms with Crippen LogP contribution >= 0.6 is 0 Å². The van der Waals surface area contributed by atoms with E-state index in [-0.39, 0.29) is 5.78 Å². The van der Waals surface area contributed by atoms with Crippen molar-refractivity contribution in [1.82, 2.24) is 4.90 Å². The van der Waals surface area contributed by atoms with Crippen LogP contribution in [0, 0.1) is 26.7 Å². The average molecular weight is 273 g/mol. The van der Waals surface area contributed by atoms with Crippen molar-refractivity contribution in [2.75, 3.05) is 19.6 Å². The lowest BCUT2D eigenvalue weighted by atomic mass is 9.93. The Morgan fingerprint density at radius 1 is 1.25 bits per heavy atom. The predicted octanol–water partition coefficient (Wildman–Crippen LogP) is 3.92. The summed E-state index contributed by atoms with van der Waals surface area (Å²) in [6, 6.07) is 4.23. The van der Waals surface area contributed by atoms with Gasteiger partial charge < -0.3 is 0 Å². The van der Waals surface area contributed by atoms with Gasteiger partial charge in [-0.25, -0.2) is 0 Å². The van der Waals surface area contributed by atoms with Gasteiger partial charge in [-0.05, 0) is 57.2 Å². The number of aryl methyl sites for hydroxylation is 3. The van der Waals surface area contributed by atoms with Crippen molar-refractivity contribution in [3.63, 3.8) is 0 Å². The highest BCUT2D eigenvalue weighted by atomic mass is 16.1. The molecule has 2 nitrogen and oxygen atoms in total. The number of hydrogen-bond donors (Lipinski definition) is 0. The topological polar surface area (TPSA) is 20.3 Å². The van der Waals surface area contributed by atoms with Gasteiger partial charge >= 0.3 is 0 Å². The number of likely N-dealkylation sites (tertiary alicyclic amines) is 1. The second-order valence-electron chi connectivity index (χ2n) is 6.35. The third-order valence-electron chi connectivity index (χ3n) is 4.50. The number of benzene rings is 1. The van der Waals surface area contributed by atoms with E-state index >= 15 is 0 Å². The molecule has 1 aliphatic rings. The largest absolute Gasteiger partial charge is 0.296 e. The maximum atomic E-state index is 12.6. The zero-order valence-electron chi connectivity index (χ0n) is 13.3. The van der Waals surface area contributed by atoms with Gasteiger partial charge in [0.05, 0.1) is 6.54 Å². The lowest BCUT2D eigenvalue weighted by Gasteiger charge is -2.31. The molecule has 2 rings (SSSR count). The standard InChI is InChI=1S/C18H27NO/c1-5-16-7-6-8-19(11-16)12-17(20)18-14(3)9-13(2)10-15(18)4/h9-10,16H,5-8,11-12H2,1-4H3. The van der Waals surface area contributed by atoms with E-state index in [1.54, 1.807) is 0 Å². The molecule has 0 saturated carbocycles. The average Bonchev–Trinajstić information content (AvgIpc) is 2.37. The Labute approximate surface area is 123 Å². The van der Waals surface area contributed by atoms with Gasteiger partial charge in [0.25, 0.3) is 0 Å². The third kappa shape index (κ3) is 3.49. The van der Waals surface area contributed by atoms with Gasteiger partial charge in [-0.15, -0.1) is 0 Å². The summed E-state index contributed by atoms with van der Waals surface area (Å²) < 4.78 is 0. The first-order valence-corrected chi connectivity index (χ1v) is 7.84. The van der Waals surface area contributed by atoms with Crippen molar-refractivity contribution < 1.29 is 4.79 Å². The van der Waals surface area contributed by atoms with Gasteiger partial charge in [0.1, 0.15) is 0 Å². The Kier molecular flexibility index (Phi) is 4.98. The first-order chi connectivity index (χ1) is 9.51. The van der Waals surface area contributed by atoms with Gasteiger partial charge in [-0.3, -0.25) is 9.69 Å². The number of ketones is 1. The Morgan fingerprint density at radius 3 is 2.50 bits per heavy atom. The molecule has 2 heteroatoms. The maximum Gasteiger partial charge on any atom is 0.177 e. The van der Waals surface area contributed by atoms with Crippen LogP contribution in [-0.2, 0) is 0 Å². The Hall–Kier alpha value is -1.15. The lowest BCUT2D eigenvalue weighted by Crippen LogP contribution is -2.38. The van der Waals surface area contributed by atoms with Crippen LogP contribution in [0.1, 0.15) is 53.2 Å². The molecule has 0 N–H and O–H groups in total. The van der Waals surface area contributed by atoms with Crippen LogP contribution in [0.25, 0.3) is 0 Å². The summed E-state index contributed by atoms with van der Waals surface area (Å²) in [5, 5.41) is 0. The number of carbonyl (C=O) groups is 1. The van der Waals surface area contributed by atoms with E-state index in [4.69, 9.17) is 0 Å². The summed E-state index contributed by atoms with van der Waals surface area (Å²) in [5.41, 5.74) is 4.42. The second kappa shape index (κ2) is 6.53. The molecule has 0 aromatic heterocycles. The summed E-state index contributed by atoms with van der Waals surface area (Å²) in [6.07, 6.45) is 3.79. The molecule has 1 atom stereocenters. The van der Waals surface area contributed by atoms with Crippen molar-refractivity contribution >= 4 is 5.78 Å². The van der Waals surface area contributed by atoms with Crippen LogP contribution in [0.2, 0.25) is 0 Å². The van der Waals surface area contributed by atoms with Gasteiger partial charge in [-0.2, -0.15) is 0 Å². The Balaban J connectivity index is 2.09. The van der Waals surface area contributed by atoms with Gasteiger partial charge in [0.15, 0.2) is 5.78 Å². The van der Waals surface area contributed by atoms with Gasteiger partial charge in [0, 0.05) is 12.1 Å². The van der Waals surface area contributed by atoms with Crippen LogP contribution < -0.4 is 0 Å². The second-order valence-corrected chi connectivity index (χ2v) is 6.35. The molecule has 1 saturated heterocycles. The zero-order chi connectivity index (χ0) is 14.7. The van der Waals surface area contributed by atoms with Crippen molar-refractivity contribution in [3.8, 4) is 0 Å². The molecule has 0 spiro atoms. The molecule has 1 heterocycles. The minimum atomic E-state index is 0.289. The number of nitrogens with zero attached hydrogens (tertiary/aromatic N) is 1. The first kappa shape index (κ1) is 15.2. The van der Waals surface area contributed by atoms with Crippen LogP contribution in [0.5, 0.6) is 0 Å². The van der Waals surface area contributed by atoms with E-state index in [9.17, 15) is 4.79 Å². The number of hydrogen-bond acceptors (Lipinski definition) is 2. The minimum absolute atomic E-state index is 0.289. The number of piperidine rings is 1. The van der Waals surface area contributed by atoms with E-state index in [1.165, 1.54) is 24.8 Å². The molecule has 1 fully saturated rings. The Morgan fingerprint density at radius 2 is 1.90 bits per heavy atom. The van der Waals surface area contributed by atoms with E-state index in [1.807, 2.05) is 0 Å². The van der Waals surface area contributed by atoms with E-state index in [0.717, 1.165) is 35.7 Å². The van der Waals surface area contributed by atoms with Crippen LogP contribution in [0.15, 0.2) is 12.1 Å². The predicted molar refractivity (Wildman–Crippen MR) is 84.4 cm³/mol. The number of rotatable bonds is 4. The van der Waals surface area contributed by atoms with Crippen LogP contribution in [0.3, 0.4) is 0 Å². The normalized spacial score (nSPS) is 20.1. The molecule has 1 aromatic carbocycles. The van der Waals surface area contributed by atoms with Crippen LogP contribution in [-0.4, -0.2) is 30.3 Å². The van der Waals surface area contributed by atoms with E-state index < -0.39 is 0 Å². The van der Waals surface area contributed by atoms with Crippen molar-refractivity contribution in [3.05, 3.63) is 34.4 Å². The maximum absolute atomic E-state index is 12.6. The van der Waals surface area contributed by atoms with Gasteiger partial charge in [-0.1, -0.05) is 31.0 Å². The summed E-state index contributed by atoms with van der Waals surface area (Å²) in [6.45, 7) is 11.2. The van der Waals surface area contributed by atoms with Crippen molar-refractivity contribution in [2.45, 2.75) is 47.0 Å². The summed E-state index contributed by atoms with van der Waals surface area (Å²) in [4.78, 5) is 15.0. The molecule has 1 aromatic rings. The number of Topliss-reactive ketones (excluding diaryl/α,β-unsaturated/α-hetero) is 1. The SMILES string of the molecule is CCC1CCCN(CC(=O)c2c(C)cc(C)cc2C)C1. The summed E-state index contributed by atoms with van der Waals surface area (Å²) >= 11 is 0. The number of carbonyl (C=O) groups excluding carboxylic acids is 1. The third-order valence-corrected chi connectivity index (χ3v) is 4.50. The fourth-order valence-electron chi connectivity index (χ4n) is 3.53. The lowest BCUT2D eigenvalue weighted by molar-refractivity contribution is 0.0883. The molecule has 110 valence electrons. The fourth-order valence-corrected chi connectivity index (χ4v) is 3.53. The Bertz CT molecular complexity index is 469. The molecular weight excluding hydrogens is 246 g/mol.